The third-order valence-electron chi connectivity index (χ3n) is 5.58. The standard InChI is InChI=1S/C23H36N4O13/c1-9(21(34)27-14(20(24)33)6-7-16(31)32)25-22(35)10(2)38-19-17(26-11(3)28)23(36)40-15(8-37-12(4)29)18(19)39-13(5)30/h9-10,14-15,17-19,23,36H,6-8H2,1-5H3,(H2,24,33)(H,25,35)(H,26,28)(H,27,34)(H,31,32)/t9-,10+,14?,15?,17?,18?,19?,23?/m0/s1. The summed E-state index contributed by atoms with van der Waals surface area (Å²) in [5, 5.41) is 26.3. The Morgan fingerprint density at radius 2 is 1.57 bits per heavy atom. The summed E-state index contributed by atoms with van der Waals surface area (Å²) in [4.78, 5) is 82.6. The first-order valence-corrected chi connectivity index (χ1v) is 12.2. The Morgan fingerprint density at radius 1 is 0.950 bits per heavy atom. The molecule has 4 amide bonds. The minimum atomic E-state index is -1.72. The van der Waals surface area contributed by atoms with Crippen molar-refractivity contribution < 1.29 is 62.7 Å². The molecule has 6 unspecified atom stereocenters. The van der Waals surface area contributed by atoms with Gasteiger partial charge in [-0.25, -0.2) is 0 Å². The number of hydrogen-bond acceptors (Lipinski definition) is 12. The molecule has 0 aromatic heterocycles. The Hall–Kier alpha value is -3.83. The molecule has 17 heteroatoms. The number of amides is 4. The van der Waals surface area contributed by atoms with E-state index in [1.165, 1.54) is 13.8 Å². The Kier molecular flexibility index (Phi) is 13.4. The number of carbonyl (C=O) groups is 7. The fraction of sp³-hybridized carbons (Fsp3) is 0.696. The summed E-state index contributed by atoms with van der Waals surface area (Å²) in [6, 6.07) is -3.87. The lowest BCUT2D eigenvalue weighted by molar-refractivity contribution is -0.271. The first-order chi connectivity index (χ1) is 18.5. The van der Waals surface area contributed by atoms with Crippen LogP contribution in [0.25, 0.3) is 0 Å². The number of carboxylic acid groups (broad SMARTS) is 1. The SMILES string of the molecule is CC(=O)NC1C(O)OC(COC(C)=O)C(OC(C)=O)C1O[C@H](C)C(=O)N[C@@H](C)C(=O)NC(CCC(=O)O)C(N)=O. The van der Waals surface area contributed by atoms with Crippen molar-refractivity contribution in [3.63, 3.8) is 0 Å². The predicted molar refractivity (Wildman–Crippen MR) is 131 cm³/mol. The molecule has 1 rings (SSSR count). The van der Waals surface area contributed by atoms with Gasteiger partial charge in [-0.05, 0) is 20.3 Å². The maximum Gasteiger partial charge on any atom is 0.303 e. The number of ether oxygens (including phenoxy) is 4. The van der Waals surface area contributed by atoms with Crippen molar-refractivity contribution in [2.24, 2.45) is 5.73 Å². The van der Waals surface area contributed by atoms with Crippen LogP contribution in [0.15, 0.2) is 0 Å². The van der Waals surface area contributed by atoms with Gasteiger partial charge in [-0.2, -0.15) is 0 Å². The molecule has 0 bridgehead atoms. The van der Waals surface area contributed by atoms with E-state index >= 15 is 0 Å². The molecule has 1 aliphatic heterocycles. The molecular formula is C23H36N4O13. The lowest BCUT2D eigenvalue weighted by atomic mass is 9.96. The highest BCUT2D eigenvalue weighted by atomic mass is 16.7. The van der Waals surface area contributed by atoms with E-state index in [2.05, 4.69) is 16.0 Å². The van der Waals surface area contributed by atoms with Crippen molar-refractivity contribution in [2.45, 2.75) is 96.3 Å². The Bertz CT molecular complexity index is 974. The van der Waals surface area contributed by atoms with Gasteiger partial charge in [-0.3, -0.25) is 33.6 Å². The molecule has 40 heavy (non-hydrogen) atoms. The number of aliphatic carboxylic acids is 1. The number of aliphatic hydroxyl groups excluding tert-OH is 1. The Morgan fingerprint density at radius 3 is 2.08 bits per heavy atom. The van der Waals surface area contributed by atoms with Gasteiger partial charge in [0, 0.05) is 27.2 Å². The number of hydrogen-bond donors (Lipinski definition) is 6. The summed E-state index contributed by atoms with van der Waals surface area (Å²) < 4.78 is 21.4. The van der Waals surface area contributed by atoms with E-state index in [1.54, 1.807) is 0 Å². The van der Waals surface area contributed by atoms with Crippen molar-refractivity contribution in [3.05, 3.63) is 0 Å². The summed E-state index contributed by atoms with van der Waals surface area (Å²) >= 11 is 0. The van der Waals surface area contributed by atoms with Crippen LogP contribution in [0.2, 0.25) is 0 Å². The normalized spacial score (nSPS) is 24.4. The third kappa shape index (κ3) is 11.1. The third-order valence-corrected chi connectivity index (χ3v) is 5.58. The molecule has 0 saturated carbocycles. The van der Waals surface area contributed by atoms with E-state index < -0.39 is 103 Å². The first-order valence-electron chi connectivity index (χ1n) is 12.2. The van der Waals surface area contributed by atoms with Gasteiger partial charge < -0.3 is 50.8 Å². The Labute approximate surface area is 229 Å². The van der Waals surface area contributed by atoms with Crippen LogP contribution >= 0.6 is 0 Å². The maximum absolute atomic E-state index is 12.9. The van der Waals surface area contributed by atoms with E-state index in [0.717, 1.165) is 20.8 Å². The van der Waals surface area contributed by atoms with E-state index in [1.807, 2.05) is 0 Å². The van der Waals surface area contributed by atoms with Gasteiger partial charge in [0.15, 0.2) is 12.4 Å². The van der Waals surface area contributed by atoms with Crippen LogP contribution in [-0.2, 0) is 52.5 Å². The summed E-state index contributed by atoms with van der Waals surface area (Å²) in [6.07, 6.45) is -7.80. The fourth-order valence-corrected chi connectivity index (χ4v) is 3.68. The quantitative estimate of drug-likeness (QED) is 0.112. The predicted octanol–water partition coefficient (Wildman–Crippen LogP) is -3.18. The van der Waals surface area contributed by atoms with Gasteiger partial charge >= 0.3 is 17.9 Å². The zero-order chi connectivity index (χ0) is 30.7. The second-order valence-corrected chi connectivity index (χ2v) is 9.04. The molecule has 0 aromatic carbocycles. The van der Waals surface area contributed by atoms with Gasteiger partial charge in [0.25, 0.3) is 0 Å². The molecule has 0 aliphatic carbocycles. The molecule has 1 aliphatic rings. The second-order valence-electron chi connectivity index (χ2n) is 9.04. The highest BCUT2D eigenvalue weighted by Gasteiger charge is 2.50. The molecule has 7 N–H and O–H groups in total. The number of carboxylic acids is 1. The highest BCUT2D eigenvalue weighted by Crippen LogP contribution is 2.27. The topological polar surface area (TPSA) is 259 Å². The van der Waals surface area contributed by atoms with E-state index in [-0.39, 0.29) is 6.42 Å². The monoisotopic (exact) mass is 576 g/mol. The molecular weight excluding hydrogens is 540 g/mol. The smallest absolute Gasteiger partial charge is 0.303 e. The van der Waals surface area contributed by atoms with Crippen molar-refractivity contribution in [1.29, 1.82) is 0 Å². The second kappa shape index (κ2) is 15.7. The Balaban J connectivity index is 3.07. The van der Waals surface area contributed by atoms with Crippen LogP contribution < -0.4 is 21.7 Å². The van der Waals surface area contributed by atoms with Crippen molar-refractivity contribution in [3.8, 4) is 0 Å². The van der Waals surface area contributed by atoms with Gasteiger partial charge in [-0.1, -0.05) is 0 Å². The molecule has 1 heterocycles. The molecule has 226 valence electrons. The van der Waals surface area contributed by atoms with E-state index in [4.69, 9.17) is 29.8 Å². The maximum atomic E-state index is 12.9. The van der Waals surface area contributed by atoms with Crippen LogP contribution in [-0.4, -0.2) is 107 Å². The molecule has 1 saturated heterocycles. The van der Waals surface area contributed by atoms with Crippen LogP contribution in [0.3, 0.4) is 0 Å². The summed E-state index contributed by atoms with van der Waals surface area (Å²) in [5.41, 5.74) is 5.20. The number of esters is 2. The van der Waals surface area contributed by atoms with E-state index in [0.29, 0.717) is 0 Å². The molecule has 0 radical (unpaired) electrons. The molecule has 8 atom stereocenters. The number of carbonyl (C=O) groups excluding carboxylic acids is 6. The van der Waals surface area contributed by atoms with Crippen LogP contribution in [0.5, 0.6) is 0 Å². The summed E-state index contributed by atoms with van der Waals surface area (Å²) in [5.74, 6) is -5.98. The average molecular weight is 577 g/mol. The minimum Gasteiger partial charge on any atom is -0.481 e. The zero-order valence-corrected chi connectivity index (χ0v) is 22.7. The van der Waals surface area contributed by atoms with Crippen LogP contribution in [0.1, 0.15) is 47.5 Å². The number of aliphatic hydroxyl groups is 1. The number of nitrogens with one attached hydrogen (secondary N) is 3. The molecule has 1 fully saturated rings. The lowest BCUT2D eigenvalue weighted by Gasteiger charge is -2.44. The number of primary amides is 1. The van der Waals surface area contributed by atoms with Gasteiger partial charge in [0.1, 0.15) is 43.0 Å². The minimum absolute atomic E-state index is 0.265. The highest BCUT2D eigenvalue weighted by molar-refractivity contribution is 5.92. The fourth-order valence-electron chi connectivity index (χ4n) is 3.68. The number of rotatable bonds is 14. The van der Waals surface area contributed by atoms with Crippen molar-refractivity contribution >= 4 is 41.5 Å². The molecule has 17 nitrogen and oxygen atoms in total. The largest absolute Gasteiger partial charge is 0.481 e. The first kappa shape index (κ1) is 34.2. The number of nitrogens with two attached hydrogens (primary N) is 1. The van der Waals surface area contributed by atoms with Gasteiger partial charge in [0.2, 0.25) is 23.6 Å². The lowest BCUT2D eigenvalue weighted by Crippen LogP contribution is -2.66. The summed E-state index contributed by atoms with van der Waals surface area (Å²) in [7, 11) is 0. The molecule has 0 spiro atoms. The average Bonchev–Trinajstić information content (AvgIpc) is 2.83. The van der Waals surface area contributed by atoms with Crippen LogP contribution in [0.4, 0.5) is 0 Å². The van der Waals surface area contributed by atoms with Crippen molar-refractivity contribution in [1.82, 2.24) is 16.0 Å². The molecule has 0 aromatic rings. The van der Waals surface area contributed by atoms with Gasteiger partial charge in [-0.15, -0.1) is 0 Å². The van der Waals surface area contributed by atoms with Crippen LogP contribution in [0, 0.1) is 0 Å². The zero-order valence-electron chi connectivity index (χ0n) is 22.7. The van der Waals surface area contributed by atoms with E-state index in [9.17, 15) is 38.7 Å². The van der Waals surface area contributed by atoms with Gasteiger partial charge in [0.05, 0.1) is 0 Å². The van der Waals surface area contributed by atoms with Crippen molar-refractivity contribution in [2.75, 3.05) is 6.61 Å². The summed E-state index contributed by atoms with van der Waals surface area (Å²) in [6.45, 7) is 5.43.